The van der Waals surface area contributed by atoms with E-state index in [2.05, 4.69) is 0 Å². The lowest BCUT2D eigenvalue weighted by Gasteiger charge is -2.36. The van der Waals surface area contributed by atoms with Crippen LogP contribution in [0.3, 0.4) is 0 Å². The van der Waals surface area contributed by atoms with Gasteiger partial charge >= 0.3 is 6.18 Å². The Morgan fingerprint density at radius 2 is 1.62 bits per heavy atom. The van der Waals surface area contributed by atoms with Crippen LogP contribution in [0.1, 0.15) is 36.2 Å². The standard InChI is InChI=1S/C20H24F3N3O3/c1-13(2)26-12-14(11-17(26)27)18(28)24-7-9-25(10-8-24)19(29)15-5-3-4-6-16(15)20(21,22)23/h3-6,13-14H,7-12H2,1-2H3. The summed E-state index contributed by atoms with van der Waals surface area (Å²) in [4.78, 5) is 42.0. The van der Waals surface area contributed by atoms with E-state index in [1.165, 1.54) is 23.1 Å². The van der Waals surface area contributed by atoms with Gasteiger partial charge in [-0.2, -0.15) is 13.2 Å². The maximum Gasteiger partial charge on any atom is 0.417 e. The van der Waals surface area contributed by atoms with Gasteiger partial charge in [-0.15, -0.1) is 0 Å². The van der Waals surface area contributed by atoms with Crippen molar-refractivity contribution >= 4 is 17.7 Å². The Morgan fingerprint density at radius 1 is 1.03 bits per heavy atom. The van der Waals surface area contributed by atoms with E-state index >= 15 is 0 Å². The molecule has 3 amide bonds. The number of amides is 3. The van der Waals surface area contributed by atoms with Crippen LogP contribution in [0.2, 0.25) is 0 Å². The number of carbonyl (C=O) groups excluding carboxylic acids is 3. The van der Waals surface area contributed by atoms with Crippen LogP contribution in [0.4, 0.5) is 13.2 Å². The van der Waals surface area contributed by atoms with Gasteiger partial charge in [-0.05, 0) is 26.0 Å². The second kappa shape index (κ2) is 8.04. The molecule has 3 rings (SSSR count). The van der Waals surface area contributed by atoms with E-state index in [-0.39, 0.29) is 56.0 Å². The second-order valence-corrected chi connectivity index (χ2v) is 7.70. The molecular formula is C20H24F3N3O3. The SMILES string of the molecule is CC(C)N1CC(C(=O)N2CCN(C(=O)c3ccccc3C(F)(F)F)CC2)CC1=O. The topological polar surface area (TPSA) is 60.9 Å². The molecule has 0 aromatic heterocycles. The van der Waals surface area contributed by atoms with Gasteiger partial charge < -0.3 is 14.7 Å². The van der Waals surface area contributed by atoms with E-state index in [0.29, 0.717) is 6.54 Å². The number of halogens is 3. The first kappa shape index (κ1) is 21.1. The van der Waals surface area contributed by atoms with Gasteiger partial charge in [-0.1, -0.05) is 12.1 Å². The van der Waals surface area contributed by atoms with Gasteiger partial charge in [-0.3, -0.25) is 14.4 Å². The average molecular weight is 411 g/mol. The normalized spacial score (nSPS) is 20.6. The fourth-order valence-corrected chi connectivity index (χ4v) is 3.87. The van der Waals surface area contributed by atoms with Crippen molar-refractivity contribution < 1.29 is 27.6 Å². The summed E-state index contributed by atoms with van der Waals surface area (Å²) in [6, 6.07) is 4.75. The monoisotopic (exact) mass is 411 g/mol. The molecule has 9 heteroatoms. The predicted molar refractivity (Wildman–Crippen MR) is 98.9 cm³/mol. The van der Waals surface area contributed by atoms with Crippen molar-refractivity contribution in [3.05, 3.63) is 35.4 Å². The van der Waals surface area contributed by atoms with Crippen LogP contribution in [0.15, 0.2) is 24.3 Å². The van der Waals surface area contributed by atoms with Crippen molar-refractivity contribution in [2.45, 2.75) is 32.5 Å². The van der Waals surface area contributed by atoms with Gasteiger partial charge in [0.1, 0.15) is 0 Å². The third-order valence-corrected chi connectivity index (χ3v) is 5.47. The van der Waals surface area contributed by atoms with Crippen LogP contribution >= 0.6 is 0 Å². The molecule has 2 aliphatic rings. The molecule has 0 radical (unpaired) electrons. The highest BCUT2D eigenvalue weighted by Crippen LogP contribution is 2.32. The number of nitrogens with zero attached hydrogens (tertiary/aromatic N) is 3. The Labute approximate surface area is 167 Å². The number of hydrogen-bond acceptors (Lipinski definition) is 3. The molecule has 6 nitrogen and oxygen atoms in total. The van der Waals surface area contributed by atoms with E-state index in [9.17, 15) is 27.6 Å². The lowest BCUT2D eigenvalue weighted by Crippen LogP contribution is -2.52. The summed E-state index contributed by atoms with van der Waals surface area (Å²) in [5, 5.41) is 0. The third kappa shape index (κ3) is 4.38. The summed E-state index contributed by atoms with van der Waals surface area (Å²) in [5.41, 5.74) is -1.34. The Kier molecular flexibility index (Phi) is 5.86. The van der Waals surface area contributed by atoms with Gasteiger partial charge in [0.25, 0.3) is 5.91 Å². The third-order valence-electron chi connectivity index (χ3n) is 5.47. The van der Waals surface area contributed by atoms with E-state index in [1.807, 2.05) is 13.8 Å². The first-order valence-corrected chi connectivity index (χ1v) is 9.63. The van der Waals surface area contributed by atoms with Gasteiger partial charge in [0.2, 0.25) is 11.8 Å². The number of piperazine rings is 1. The minimum atomic E-state index is -4.61. The van der Waals surface area contributed by atoms with Crippen molar-refractivity contribution in [3.63, 3.8) is 0 Å². The maximum atomic E-state index is 13.2. The largest absolute Gasteiger partial charge is 0.417 e. The van der Waals surface area contributed by atoms with Gasteiger partial charge in [0.15, 0.2) is 0 Å². The number of hydrogen-bond donors (Lipinski definition) is 0. The molecule has 2 saturated heterocycles. The molecule has 2 fully saturated rings. The Hall–Kier alpha value is -2.58. The summed E-state index contributed by atoms with van der Waals surface area (Å²) < 4.78 is 39.5. The summed E-state index contributed by atoms with van der Waals surface area (Å²) >= 11 is 0. The smallest absolute Gasteiger partial charge is 0.339 e. The molecule has 0 saturated carbocycles. The van der Waals surface area contributed by atoms with E-state index < -0.39 is 23.6 Å². The van der Waals surface area contributed by atoms with E-state index in [1.54, 1.807) is 9.80 Å². The van der Waals surface area contributed by atoms with Crippen molar-refractivity contribution in [1.82, 2.24) is 14.7 Å². The molecule has 0 N–H and O–H groups in total. The first-order valence-electron chi connectivity index (χ1n) is 9.63. The van der Waals surface area contributed by atoms with Crippen LogP contribution in [-0.2, 0) is 15.8 Å². The number of benzene rings is 1. The van der Waals surface area contributed by atoms with Crippen molar-refractivity contribution in [3.8, 4) is 0 Å². The minimum absolute atomic E-state index is 0.0310. The van der Waals surface area contributed by atoms with Gasteiger partial charge in [0.05, 0.1) is 17.0 Å². The molecule has 1 unspecified atom stereocenters. The summed E-state index contributed by atoms with van der Waals surface area (Å²) in [7, 11) is 0. The van der Waals surface area contributed by atoms with Crippen molar-refractivity contribution in [2.75, 3.05) is 32.7 Å². The quantitative estimate of drug-likeness (QED) is 0.767. The Morgan fingerprint density at radius 3 is 2.17 bits per heavy atom. The van der Waals surface area contributed by atoms with Crippen LogP contribution in [0.5, 0.6) is 0 Å². The predicted octanol–water partition coefficient (Wildman–Crippen LogP) is 2.25. The highest BCUT2D eigenvalue weighted by molar-refractivity contribution is 5.96. The zero-order chi connectivity index (χ0) is 21.3. The molecule has 2 aliphatic heterocycles. The summed E-state index contributed by atoms with van der Waals surface area (Å²) in [5.74, 6) is -1.27. The van der Waals surface area contributed by atoms with E-state index in [0.717, 1.165) is 6.07 Å². The van der Waals surface area contributed by atoms with Crippen LogP contribution in [-0.4, -0.2) is 71.2 Å². The van der Waals surface area contributed by atoms with Crippen molar-refractivity contribution in [2.24, 2.45) is 5.92 Å². The first-order chi connectivity index (χ1) is 13.6. The van der Waals surface area contributed by atoms with Gasteiger partial charge in [-0.25, -0.2) is 0 Å². The van der Waals surface area contributed by atoms with Gasteiger partial charge in [0, 0.05) is 45.2 Å². The Balaban J connectivity index is 1.62. The lowest BCUT2D eigenvalue weighted by molar-refractivity contribution is -0.138. The minimum Gasteiger partial charge on any atom is -0.339 e. The highest BCUT2D eigenvalue weighted by atomic mass is 19.4. The zero-order valence-corrected chi connectivity index (χ0v) is 16.4. The molecule has 1 aromatic rings. The molecule has 29 heavy (non-hydrogen) atoms. The molecule has 0 bridgehead atoms. The molecule has 0 aliphatic carbocycles. The van der Waals surface area contributed by atoms with Crippen LogP contribution < -0.4 is 0 Å². The van der Waals surface area contributed by atoms with E-state index in [4.69, 9.17) is 0 Å². The molecule has 2 heterocycles. The van der Waals surface area contributed by atoms with Crippen molar-refractivity contribution in [1.29, 1.82) is 0 Å². The maximum absolute atomic E-state index is 13.2. The Bertz CT molecular complexity index is 802. The fourth-order valence-electron chi connectivity index (χ4n) is 3.87. The highest BCUT2D eigenvalue weighted by Gasteiger charge is 2.39. The molecule has 158 valence electrons. The summed E-state index contributed by atoms with van der Waals surface area (Å²) in [6.07, 6.45) is -4.43. The number of carbonyl (C=O) groups is 3. The molecular weight excluding hydrogens is 387 g/mol. The molecule has 1 aromatic carbocycles. The summed E-state index contributed by atoms with van der Waals surface area (Å²) in [6.45, 7) is 4.97. The molecule has 0 spiro atoms. The van der Waals surface area contributed by atoms with Crippen LogP contribution in [0, 0.1) is 5.92 Å². The van der Waals surface area contributed by atoms with Crippen LogP contribution in [0.25, 0.3) is 0 Å². The number of rotatable bonds is 3. The molecule has 1 atom stereocenters. The number of alkyl halides is 3. The number of likely N-dealkylation sites (tertiary alicyclic amines) is 1. The zero-order valence-electron chi connectivity index (χ0n) is 16.4. The lowest BCUT2D eigenvalue weighted by atomic mass is 10.0. The fraction of sp³-hybridized carbons (Fsp3) is 0.550. The average Bonchev–Trinajstić information content (AvgIpc) is 3.08. The second-order valence-electron chi connectivity index (χ2n) is 7.70.